The van der Waals surface area contributed by atoms with Crippen LogP contribution in [0.15, 0.2) is 12.4 Å². The summed E-state index contributed by atoms with van der Waals surface area (Å²) in [6.07, 6.45) is 3.82. The van der Waals surface area contributed by atoms with E-state index < -0.39 is 0 Å². The van der Waals surface area contributed by atoms with Crippen molar-refractivity contribution in [2.45, 2.75) is 45.6 Å². The molecule has 0 aliphatic heterocycles. The number of carbonyl (C=O) groups excluding carboxylic acids is 1. The van der Waals surface area contributed by atoms with E-state index in [0.29, 0.717) is 12.1 Å². The Morgan fingerprint density at radius 2 is 1.95 bits per heavy atom. The van der Waals surface area contributed by atoms with Crippen LogP contribution >= 0.6 is 0 Å². The summed E-state index contributed by atoms with van der Waals surface area (Å²) in [7, 11) is 0. The Bertz CT molecular complexity index is 408. The third-order valence-corrected chi connectivity index (χ3v) is 2.63. The molecule has 0 bridgehead atoms. The number of aromatic nitrogens is 2. The van der Waals surface area contributed by atoms with Crippen LogP contribution in [0.2, 0.25) is 0 Å². The Hall–Kier alpha value is -1.69. The van der Waals surface area contributed by atoms with Gasteiger partial charge in [-0.15, -0.1) is 0 Å². The molecule has 1 rings (SSSR count). The lowest BCUT2D eigenvalue weighted by atomic mass is 9.96. The van der Waals surface area contributed by atoms with Gasteiger partial charge in [0, 0.05) is 5.41 Å². The molecule has 1 aromatic rings. The van der Waals surface area contributed by atoms with Gasteiger partial charge >= 0.3 is 6.03 Å². The lowest BCUT2D eigenvalue weighted by molar-refractivity contribution is 0.222. The van der Waals surface area contributed by atoms with Crippen molar-refractivity contribution in [1.82, 2.24) is 15.3 Å². The quantitative estimate of drug-likeness (QED) is 0.773. The molecule has 2 amide bonds. The number of rotatable bonds is 4. The predicted octanol–water partition coefficient (Wildman–Crippen LogP) is 1.67. The summed E-state index contributed by atoms with van der Waals surface area (Å²) in [6.45, 7) is 7.88. The molecule has 0 radical (unpaired) electrons. The van der Waals surface area contributed by atoms with Crippen LogP contribution in [-0.4, -0.2) is 33.8 Å². The van der Waals surface area contributed by atoms with E-state index >= 15 is 0 Å². The van der Waals surface area contributed by atoms with Gasteiger partial charge in [0.25, 0.3) is 0 Å². The fourth-order valence-electron chi connectivity index (χ4n) is 1.41. The highest BCUT2D eigenvalue weighted by molar-refractivity contribution is 5.89. The normalized spacial score (nSPS) is 12.9. The summed E-state index contributed by atoms with van der Waals surface area (Å²) in [4.78, 5) is 20.1. The lowest BCUT2D eigenvalue weighted by Crippen LogP contribution is -2.39. The van der Waals surface area contributed by atoms with Gasteiger partial charge in [0.1, 0.15) is 5.82 Å². The van der Waals surface area contributed by atoms with E-state index in [9.17, 15) is 4.79 Å². The molecule has 0 spiro atoms. The highest BCUT2D eigenvalue weighted by Gasteiger charge is 2.17. The van der Waals surface area contributed by atoms with E-state index in [4.69, 9.17) is 5.11 Å². The van der Waals surface area contributed by atoms with Crippen LogP contribution in [0.1, 0.15) is 39.9 Å². The summed E-state index contributed by atoms with van der Waals surface area (Å²) < 4.78 is 0. The van der Waals surface area contributed by atoms with Crippen LogP contribution in [0.4, 0.5) is 10.5 Å². The number of nitrogens with one attached hydrogen (secondary N) is 2. The second-order valence-electron chi connectivity index (χ2n) is 5.43. The average Bonchev–Trinajstić information content (AvgIpc) is 2.35. The van der Waals surface area contributed by atoms with Crippen LogP contribution in [0.3, 0.4) is 0 Å². The van der Waals surface area contributed by atoms with Crippen LogP contribution in [-0.2, 0) is 5.41 Å². The van der Waals surface area contributed by atoms with Crippen LogP contribution in [0, 0.1) is 0 Å². The van der Waals surface area contributed by atoms with Gasteiger partial charge in [-0.1, -0.05) is 27.7 Å². The predicted molar refractivity (Wildman–Crippen MR) is 74.1 cm³/mol. The fraction of sp³-hybridized carbons (Fsp3) is 0.615. The standard InChI is InChI=1S/C13H22N4O2/c1-5-9(8-18)16-12(19)17-10-6-14-11(15-7-10)13(2,3)4/h6-7,9,18H,5,8H2,1-4H3,(H2,16,17,19). The van der Waals surface area contributed by atoms with Crippen LogP contribution in [0.5, 0.6) is 0 Å². The second-order valence-corrected chi connectivity index (χ2v) is 5.43. The van der Waals surface area contributed by atoms with Crippen molar-refractivity contribution in [2.24, 2.45) is 0 Å². The smallest absolute Gasteiger partial charge is 0.319 e. The molecule has 6 heteroatoms. The second kappa shape index (κ2) is 6.47. The van der Waals surface area contributed by atoms with Gasteiger partial charge in [-0.05, 0) is 6.42 Å². The number of nitrogens with zero attached hydrogens (tertiary/aromatic N) is 2. The summed E-state index contributed by atoms with van der Waals surface area (Å²) in [5.41, 5.74) is 0.406. The lowest BCUT2D eigenvalue weighted by Gasteiger charge is -2.17. The summed E-state index contributed by atoms with van der Waals surface area (Å²) >= 11 is 0. The Labute approximate surface area is 113 Å². The van der Waals surface area contributed by atoms with Gasteiger partial charge in [0.15, 0.2) is 0 Å². The molecule has 1 heterocycles. The monoisotopic (exact) mass is 266 g/mol. The maximum absolute atomic E-state index is 11.6. The number of aliphatic hydroxyl groups excluding tert-OH is 1. The first-order valence-corrected chi connectivity index (χ1v) is 6.37. The number of amides is 2. The first kappa shape index (κ1) is 15.4. The van der Waals surface area contributed by atoms with E-state index in [1.807, 2.05) is 27.7 Å². The molecule has 0 saturated carbocycles. The molecule has 6 nitrogen and oxygen atoms in total. The molecule has 0 saturated heterocycles. The van der Waals surface area contributed by atoms with Gasteiger partial charge in [-0.25, -0.2) is 14.8 Å². The Morgan fingerprint density at radius 1 is 1.37 bits per heavy atom. The van der Waals surface area contributed by atoms with Gasteiger partial charge in [0.2, 0.25) is 0 Å². The van der Waals surface area contributed by atoms with Gasteiger partial charge in [-0.2, -0.15) is 0 Å². The maximum atomic E-state index is 11.6. The zero-order valence-corrected chi connectivity index (χ0v) is 11.9. The molecule has 0 fully saturated rings. The number of aliphatic hydroxyl groups is 1. The van der Waals surface area contributed by atoms with Crippen molar-refractivity contribution in [1.29, 1.82) is 0 Å². The number of hydrogen-bond acceptors (Lipinski definition) is 4. The topological polar surface area (TPSA) is 87.1 Å². The van der Waals surface area contributed by atoms with Crippen molar-refractivity contribution >= 4 is 11.7 Å². The average molecular weight is 266 g/mol. The molecule has 1 unspecified atom stereocenters. The van der Waals surface area contributed by atoms with Gasteiger partial charge in [0.05, 0.1) is 30.7 Å². The molecule has 3 N–H and O–H groups in total. The molecule has 1 aromatic heterocycles. The Balaban J connectivity index is 2.61. The minimum atomic E-state index is -0.368. The van der Waals surface area contributed by atoms with Crippen molar-refractivity contribution < 1.29 is 9.90 Å². The van der Waals surface area contributed by atoms with Crippen LogP contribution < -0.4 is 10.6 Å². The molecule has 106 valence electrons. The SMILES string of the molecule is CCC(CO)NC(=O)Nc1cnc(C(C)(C)C)nc1. The number of urea groups is 1. The molecule has 1 atom stereocenters. The minimum Gasteiger partial charge on any atom is -0.394 e. The van der Waals surface area contributed by atoms with Crippen molar-refractivity contribution in [3.05, 3.63) is 18.2 Å². The van der Waals surface area contributed by atoms with Gasteiger partial charge < -0.3 is 15.7 Å². The van der Waals surface area contributed by atoms with E-state index in [0.717, 1.165) is 5.82 Å². The first-order chi connectivity index (χ1) is 8.86. The van der Waals surface area contributed by atoms with E-state index in [1.54, 1.807) is 12.4 Å². The van der Waals surface area contributed by atoms with Gasteiger partial charge in [-0.3, -0.25) is 0 Å². The molecule has 19 heavy (non-hydrogen) atoms. The molecular weight excluding hydrogens is 244 g/mol. The summed E-state index contributed by atoms with van der Waals surface area (Å²) in [6, 6.07) is -0.609. The number of carbonyl (C=O) groups is 1. The molecule has 0 aliphatic rings. The van der Waals surface area contributed by atoms with Crippen molar-refractivity contribution in [2.75, 3.05) is 11.9 Å². The first-order valence-electron chi connectivity index (χ1n) is 6.37. The highest BCUT2D eigenvalue weighted by Crippen LogP contribution is 2.18. The van der Waals surface area contributed by atoms with E-state index in [-0.39, 0.29) is 24.1 Å². The third kappa shape index (κ3) is 4.82. The zero-order chi connectivity index (χ0) is 14.5. The summed E-state index contributed by atoms with van der Waals surface area (Å²) in [5, 5.41) is 14.3. The number of anilines is 1. The van der Waals surface area contributed by atoms with Crippen molar-refractivity contribution in [3.63, 3.8) is 0 Å². The minimum absolute atomic E-state index is 0.0800. The Kier molecular flexibility index (Phi) is 5.23. The fourth-order valence-corrected chi connectivity index (χ4v) is 1.41. The Morgan fingerprint density at radius 3 is 2.37 bits per heavy atom. The van der Waals surface area contributed by atoms with E-state index in [2.05, 4.69) is 20.6 Å². The van der Waals surface area contributed by atoms with Crippen molar-refractivity contribution in [3.8, 4) is 0 Å². The molecule has 0 aromatic carbocycles. The maximum Gasteiger partial charge on any atom is 0.319 e. The van der Waals surface area contributed by atoms with E-state index in [1.165, 1.54) is 0 Å². The highest BCUT2D eigenvalue weighted by atomic mass is 16.3. The van der Waals surface area contributed by atoms with Crippen LogP contribution in [0.25, 0.3) is 0 Å². The molecule has 0 aliphatic carbocycles. The third-order valence-electron chi connectivity index (χ3n) is 2.63. The number of hydrogen-bond donors (Lipinski definition) is 3. The summed E-state index contributed by atoms with van der Waals surface area (Å²) in [5.74, 6) is 0.722. The molecular formula is C13H22N4O2. The largest absolute Gasteiger partial charge is 0.394 e. The zero-order valence-electron chi connectivity index (χ0n) is 11.9.